The van der Waals surface area contributed by atoms with Crippen LogP contribution in [0.2, 0.25) is 0 Å². The van der Waals surface area contributed by atoms with Crippen molar-refractivity contribution in [2.45, 2.75) is 45.8 Å². The van der Waals surface area contributed by atoms with Crippen LogP contribution in [0.25, 0.3) is 0 Å². The van der Waals surface area contributed by atoms with Gasteiger partial charge in [-0.15, -0.1) is 0 Å². The molecule has 0 bridgehead atoms. The number of hydrogen-bond acceptors (Lipinski definition) is 3. The van der Waals surface area contributed by atoms with E-state index >= 15 is 0 Å². The summed E-state index contributed by atoms with van der Waals surface area (Å²) >= 11 is 0. The molecular weight excluding hydrogens is 206 g/mol. The standard InChI is InChI=1S/C12H23NO3/c1-4-13(7-9(2)3)8-10-5-6-11(16-10)12(14)15/h9-11H,4-8H2,1-3H3,(H,14,15)/t10-,11+/m0/s1. The van der Waals surface area contributed by atoms with E-state index in [1.165, 1.54) is 0 Å². The molecule has 0 radical (unpaired) electrons. The molecule has 0 aromatic rings. The molecule has 1 N–H and O–H groups in total. The summed E-state index contributed by atoms with van der Waals surface area (Å²) in [6.45, 7) is 9.42. The maximum atomic E-state index is 10.7. The van der Waals surface area contributed by atoms with Crippen LogP contribution >= 0.6 is 0 Å². The predicted octanol–water partition coefficient (Wildman–Crippen LogP) is 1.60. The molecule has 1 saturated heterocycles. The molecule has 0 aliphatic carbocycles. The van der Waals surface area contributed by atoms with E-state index in [4.69, 9.17) is 9.84 Å². The van der Waals surface area contributed by atoms with Crippen molar-refractivity contribution in [2.75, 3.05) is 19.6 Å². The van der Waals surface area contributed by atoms with Crippen LogP contribution in [0.1, 0.15) is 33.6 Å². The van der Waals surface area contributed by atoms with Crippen molar-refractivity contribution in [3.8, 4) is 0 Å². The molecule has 4 nitrogen and oxygen atoms in total. The van der Waals surface area contributed by atoms with Crippen LogP contribution in [0.15, 0.2) is 0 Å². The summed E-state index contributed by atoms with van der Waals surface area (Å²) in [6.07, 6.45) is 1.03. The molecule has 94 valence electrons. The minimum Gasteiger partial charge on any atom is -0.479 e. The molecule has 1 aliphatic rings. The number of aliphatic carboxylic acids is 1. The molecule has 0 amide bonds. The Morgan fingerprint density at radius 2 is 2.19 bits per heavy atom. The van der Waals surface area contributed by atoms with Crippen molar-refractivity contribution in [1.82, 2.24) is 4.90 Å². The summed E-state index contributed by atoms with van der Waals surface area (Å²) in [5.41, 5.74) is 0. The molecule has 4 heteroatoms. The van der Waals surface area contributed by atoms with E-state index in [0.717, 1.165) is 26.1 Å². The van der Waals surface area contributed by atoms with Crippen LogP contribution in [-0.4, -0.2) is 47.8 Å². The van der Waals surface area contributed by atoms with Crippen LogP contribution in [0, 0.1) is 5.92 Å². The zero-order chi connectivity index (χ0) is 12.1. The van der Waals surface area contributed by atoms with Crippen molar-refractivity contribution in [3.63, 3.8) is 0 Å². The lowest BCUT2D eigenvalue weighted by Crippen LogP contribution is -2.35. The number of carboxylic acids is 1. The van der Waals surface area contributed by atoms with Crippen molar-refractivity contribution in [1.29, 1.82) is 0 Å². The summed E-state index contributed by atoms with van der Waals surface area (Å²) in [4.78, 5) is 13.1. The number of hydrogen-bond donors (Lipinski definition) is 1. The van der Waals surface area contributed by atoms with Crippen molar-refractivity contribution >= 4 is 5.97 Å². The van der Waals surface area contributed by atoms with Gasteiger partial charge in [-0.05, 0) is 25.3 Å². The third kappa shape index (κ3) is 4.10. The monoisotopic (exact) mass is 229 g/mol. The first-order valence-electron chi connectivity index (χ1n) is 6.13. The molecule has 2 atom stereocenters. The third-order valence-corrected chi connectivity index (χ3v) is 2.92. The summed E-state index contributed by atoms with van der Waals surface area (Å²) in [5, 5.41) is 8.83. The Kier molecular flexibility index (Phi) is 5.22. The topological polar surface area (TPSA) is 49.8 Å². The number of carboxylic acid groups (broad SMARTS) is 1. The Morgan fingerprint density at radius 3 is 2.62 bits per heavy atom. The van der Waals surface area contributed by atoms with E-state index in [0.29, 0.717) is 12.3 Å². The maximum Gasteiger partial charge on any atom is 0.332 e. The first kappa shape index (κ1) is 13.5. The van der Waals surface area contributed by atoms with Crippen LogP contribution in [-0.2, 0) is 9.53 Å². The molecule has 0 aromatic heterocycles. The zero-order valence-electron chi connectivity index (χ0n) is 10.5. The first-order valence-corrected chi connectivity index (χ1v) is 6.13. The van der Waals surface area contributed by atoms with E-state index in [-0.39, 0.29) is 6.10 Å². The molecule has 0 saturated carbocycles. The highest BCUT2D eigenvalue weighted by Gasteiger charge is 2.31. The highest BCUT2D eigenvalue weighted by molar-refractivity contribution is 5.72. The minimum absolute atomic E-state index is 0.0970. The Hall–Kier alpha value is -0.610. The van der Waals surface area contributed by atoms with E-state index < -0.39 is 12.1 Å². The molecule has 1 heterocycles. The van der Waals surface area contributed by atoms with Crippen LogP contribution in [0.4, 0.5) is 0 Å². The number of rotatable bonds is 6. The van der Waals surface area contributed by atoms with Crippen molar-refractivity contribution in [2.24, 2.45) is 5.92 Å². The molecule has 0 aromatic carbocycles. The zero-order valence-corrected chi connectivity index (χ0v) is 10.5. The second-order valence-corrected chi connectivity index (χ2v) is 4.91. The third-order valence-electron chi connectivity index (χ3n) is 2.92. The number of likely N-dealkylation sites (N-methyl/N-ethyl adjacent to an activating group) is 1. The summed E-state index contributed by atoms with van der Waals surface area (Å²) in [6, 6.07) is 0. The van der Waals surface area contributed by atoms with Crippen molar-refractivity contribution < 1.29 is 14.6 Å². The summed E-state index contributed by atoms with van der Waals surface area (Å²) in [5.74, 6) is -0.189. The predicted molar refractivity (Wildman–Crippen MR) is 62.5 cm³/mol. The SMILES string of the molecule is CCN(CC(C)C)C[C@@H]1CC[C@H](C(=O)O)O1. The second kappa shape index (κ2) is 6.21. The molecular formula is C12H23NO3. The van der Waals surface area contributed by atoms with Gasteiger partial charge in [0.05, 0.1) is 6.10 Å². The van der Waals surface area contributed by atoms with Gasteiger partial charge in [0.15, 0.2) is 6.10 Å². The fourth-order valence-electron chi connectivity index (χ4n) is 2.16. The Balaban J connectivity index is 2.34. The summed E-state index contributed by atoms with van der Waals surface area (Å²) in [7, 11) is 0. The normalized spacial score (nSPS) is 25.6. The maximum absolute atomic E-state index is 10.7. The number of nitrogens with zero attached hydrogens (tertiary/aromatic N) is 1. The smallest absolute Gasteiger partial charge is 0.332 e. The van der Waals surface area contributed by atoms with Gasteiger partial charge in [0, 0.05) is 13.1 Å². The van der Waals surface area contributed by atoms with Gasteiger partial charge in [0.1, 0.15) is 0 Å². The van der Waals surface area contributed by atoms with E-state index in [1.54, 1.807) is 0 Å². The van der Waals surface area contributed by atoms with Gasteiger partial charge in [-0.2, -0.15) is 0 Å². The van der Waals surface area contributed by atoms with Gasteiger partial charge in [-0.3, -0.25) is 0 Å². The lowest BCUT2D eigenvalue weighted by molar-refractivity contribution is -0.149. The first-order chi connectivity index (χ1) is 7.52. The largest absolute Gasteiger partial charge is 0.479 e. The highest BCUT2D eigenvalue weighted by Crippen LogP contribution is 2.20. The Labute approximate surface area is 97.6 Å². The van der Waals surface area contributed by atoms with E-state index in [9.17, 15) is 4.79 Å². The second-order valence-electron chi connectivity index (χ2n) is 4.91. The van der Waals surface area contributed by atoms with Gasteiger partial charge >= 0.3 is 5.97 Å². The molecule has 0 spiro atoms. The fourth-order valence-corrected chi connectivity index (χ4v) is 2.16. The lowest BCUT2D eigenvalue weighted by atomic mass is 10.1. The highest BCUT2D eigenvalue weighted by atomic mass is 16.5. The molecule has 1 fully saturated rings. The van der Waals surface area contributed by atoms with Gasteiger partial charge in [0.2, 0.25) is 0 Å². The molecule has 1 aliphatic heterocycles. The van der Waals surface area contributed by atoms with Crippen LogP contribution < -0.4 is 0 Å². The van der Waals surface area contributed by atoms with Crippen molar-refractivity contribution in [3.05, 3.63) is 0 Å². The Morgan fingerprint density at radius 1 is 1.50 bits per heavy atom. The average Bonchev–Trinajstić information content (AvgIpc) is 2.64. The van der Waals surface area contributed by atoms with Gasteiger partial charge < -0.3 is 14.7 Å². The Bertz CT molecular complexity index is 230. The van der Waals surface area contributed by atoms with Crippen LogP contribution in [0.3, 0.4) is 0 Å². The lowest BCUT2D eigenvalue weighted by Gasteiger charge is -2.25. The molecule has 16 heavy (non-hydrogen) atoms. The summed E-state index contributed by atoms with van der Waals surface area (Å²) < 4.78 is 5.50. The fraction of sp³-hybridized carbons (Fsp3) is 0.917. The number of carbonyl (C=O) groups is 1. The van der Waals surface area contributed by atoms with E-state index in [2.05, 4.69) is 25.7 Å². The minimum atomic E-state index is -0.825. The van der Waals surface area contributed by atoms with Gasteiger partial charge in [-0.25, -0.2) is 4.79 Å². The van der Waals surface area contributed by atoms with Gasteiger partial charge in [-0.1, -0.05) is 20.8 Å². The van der Waals surface area contributed by atoms with E-state index in [1.807, 2.05) is 0 Å². The average molecular weight is 229 g/mol. The molecule has 0 unspecified atom stereocenters. The number of ether oxygens (including phenoxy) is 1. The van der Waals surface area contributed by atoms with Gasteiger partial charge in [0.25, 0.3) is 0 Å². The quantitative estimate of drug-likeness (QED) is 0.751. The van der Waals surface area contributed by atoms with Crippen LogP contribution in [0.5, 0.6) is 0 Å². The molecule has 1 rings (SSSR count).